The maximum atomic E-state index is 12.9. The van der Waals surface area contributed by atoms with Gasteiger partial charge in [-0.25, -0.2) is 0 Å². The number of rotatable bonds is 8. The van der Waals surface area contributed by atoms with E-state index in [0.717, 1.165) is 5.56 Å². The van der Waals surface area contributed by atoms with Crippen molar-refractivity contribution in [1.82, 2.24) is 0 Å². The molecule has 0 saturated carbocycles. The van der Waals surface area contributed by atoms with Crippen LogP contribution in [0, 0.1) is 0 Å². The monoisotopic (exact) mass is 590 g/mol. The third kappa shape index (κ3) is 10.6. The van der Waals surface area contributed by atoms with Gasteiger partial charge in [-0.3, -0.25) is 14.4 Å². The smallest absolute Gasteiger partial charge is 0.310 e. The van der Waals surface area contributed by atoms with E-state index in [1.165, 1.54) is 13.0 Å². The number of carbonyl (C=O) groups excluding carboxylic acids is 3. The molecule has 1 fully saturated rings. The molecule has 2 bridgehead atoms. The molecule has 2 aliphatic heterocycles. The highest BCUT2D eigenvalue weighted by molar-refractivity contribution is 6.29. The number of aliphatic hydroxyl groups excluding tert-OH is 1. The molecule has 1 aromatic carbocycles. The van der Waals surface area contributed by atoms with Crippen molar-refractivity contribution >= 4 is 29.5 Å². The van der Waals surface area contributed by atoms with Gasteiger partial charge in [0, 0.05) is 18.4 Å². The molecule has 41 heavy (non-hydrogen) atoms. The van der Waals surface area contributed by atoms with Gasteiger partial charge in [0.15, 0.2) is 0 Å². The number of esters is 3. The molecule has 224 valence electrons. The average Bonchev–Trinajstić information content (AvgIpc) is 3.32. The highest BCUT2D eigenvalue weighted by atomic mass is 35.5. The Kier molecular flexibility index (Phi) is 12.4. The van der Waals surface area contributed by atoms with Crippen LogP contribution in [0.5, 0.6) is 5.75 Å². The molecule has 2 aliphatic rings. The van der Waals surface area contributed by atoms with Crippen LogP contribution in [0.15, 0.2) is 58.7 Å². The van der Waals surface area contributed by atoms with Crippen molar-refractivity contribution < 1.29 is 43.2 Å². The molecule has 0 amide bonds. The summed E-state index contributed by atoms with van der Waals surface area (Å²) in [5, 5.41) is 11.7. The zero-order valence-electron chi connectivity index (χ0n) is 24.0. The van der Waals surface area contributed by atoms with Gasteiger partial charge in [-0.1, -0.05) is 47.5 Å². The lowest BCUT2D eigenvalue weighted by Gasteiger charge is -2.24. The zero-order valence-corrected chi connectivity index (χ0v) is 24.7. The van der Waals surface area contributed by atoms with Crippen LogP contribution < -0.4 is 4.74 Å². The van der Waals surface area contributed by atoms with Gasteiger partial charge in [-0.15, -0.1) is 0 Å². The molecule has 1 saturated heterocycles. The molecule has 0 radical (unpaired) electrons. The maximum absolute atomic E-state index is 12.9. The molecule has 0 unspecified atom stereocenters. The zero-order chi connectivity index (χ0) is 29.9. The van der Waals surface area contributed by atoms with E-state index in [9.17, 15) is 19.5 Å². The second kappa shape index (κ2) is 15.7. The normalized spacial score (nSPS) is 27.3. The Morgan fingerprint density at radius 3 is 2.61 bits per heavy atom. The van der Waals surface area contributed by atoms with Crippen LogP contribution in [0.25, 0.3) is 0 Å². The lowest BCUT2D eigenvalue weighted by atomic mass is 10.0. The Morgan fingerprint density at radius 2 is 1.93 bits per heavy atom. The Morgan fingerprint density at radius 1 is 1.20 bits per heavy atom. The second-order valence-electron chi connectivity index (χ2n) is 10.4. The summed E-state index contributed by atoms with van der Waals surface area (Å²) >= 11 is 6.41. The summed E-state index contributed by atoms with van der Waals surface area (Å²) in [5.74, 6) is -0.806. The minimum absolute atomic E-state index is 0.0239. The molecule has 0 spiro atoms. The fraction of sp³-hybridized carbons (Fsp3) is 0.516. The van der Waals surface area contributed by atoms with E-state index in [1.807, 2.05) is 24.3 Å². The van der Waals surface area contributed by atoms with Crippen LogP contribution >= 0.6 is 11.6 Å². The number of benzene rings is 1. The van der Waals surface area contributed by atoms with E-state index in [0.29, 0.717) is 47.6 Å². The number of allylic oxidation sites excluding steroid dienone is 3. The van der Waals surface area contributed by atoms with Crippen LogP contribution in [0.3, 0.4) is 0 Å². The number of halogens is 1. The van der Waals surface area contributed by atoms with Gasteiger partial charge in [-0.2, -0.15) is 0 Å². The topological polar surface area (TPSA) is 118 Å². The SMILES string of the molecule is COc1ccc(COC(=O)C/C(C)=C/[C@H](O)[C@H]2O[C@@H]3CC/C(Cl)=C/C/C=C(/C)[C@H](OC(C)=O)CC(=O)O[C@@H]2C3)cc1. The minimum Gasteiger partial charge on any atom is -0.497 e. The molecular formula is C31H39ClO9. The first-order chi connectivity index (χ1) is 19.5. The summed E-state index contributed by atoms with van der Waals surface area (Å²) in [6.45, 7) is 4.89. The van der Waals surface area contributed by atoms with Gasteiger partial charge in [0.05, 0.1) is 26.1 Å². The molecule has 0 aromatic heterocycles. The van der Waals surface area contributed by atoms with Crippen molar-refractivity contribution in [3.63, 3.8) is 0 Å². The van der Waals surface area contributed by atoms with Crippen LogP contribution in [-0.2, 0) is 39.9 Å². The number of aliphatic hydroxyl groups is 1. The first-order valence-corrected chi connectivity index (χ1v) is 14.1. The third-order valence-electron chi connectivity index (χ3n) is 6.92. The predicted molar refractivity (Wildman–Crippen MR) is 152 cm³/mol. The fourth-order valence-electron chi connectivity index (χ4n) is 4.74. The molecular weight excluding hydrogens is 552 g/mol. The van der Waals surface area contributed by atoms with Crippen molar-refractivity contribution in [2.75, 3.05) is 7.11 Å². The first kappa shape index (κ1) is 32.4. The minimum atomic E-state index is -1.14. The number of ether oxygens (including phenoxy) is 5. The Hall–Kier alpha value is -3.14. The van der Waals surface area contributed by atoms with E-state index in [4.69, 9.17) is 35.3 Å². The Balaban J connectivity index is 1.66. The molecule has 2 heterocycles. The van der Waals surface area contributed by atoms with Crippen LogP contribution in [-0.4, -0.2) is 60.6 Å². The fourth-order valence-corrected chi connectivity index (χ4v) is 4.94. The summed E-state index contributed by atoms with van der Waals surface area (Å²) in [4.78, 5) is 36.9. The van der Waals surface area contributed by atoms with Gasteiger partial charge >= 0.3 is 17.9 Å². The molecule has 1 N–H and O–H groups in total. The summed E-state index contributed by atoms with van der Waals surface area (Å²) in [6, 6.07) is 7.20. The van der Waals surface area contributed by atoms with Crippen LogP contribution in [0.2, 0.25) is 0 Å². The number of fused-ring (bicyclic) bond motifs is 2. The molecule has 9 nitrogen and oxygen atoms in total. The van der Waals surface area contributed by atoms with Gasteiger partial charge < -0.3 is 28.8 Å². The van der Waals surface area contributed by atoms with E-state index in [1.54, 1.807) is 33.1 Å². The second-order valence-corrected chi connectivity index (χ2v) is 10.8. The number of hydrogen-bond donors (Lipinski definition) is 1. The summed E-state index contributed by atoms with van der Waals surface area (Å²) < 4.78 is 27.7. The number of methoxy groups -OCH3 is 1. The number of carbonyl (C=O) groups is 3. The van der Waals surface area contributed by atoms with Crippen molar-refractivity contribution in [1.29, 1.82) is 0 Å². The largest absolute Gasteiger partial charge is 0.497 e. The van der Waals surface area contributed by atoms with Crippen LogP contribution in [0.4, 0.5) is 0 Å². The first-order valence-electron chi connectivity index (χ1n) is 13.7. The van der Waals surface area contributed by atoms with Gasteiger partial charge in [-0.05, 0) is 56.4 Å². The average molecular weight is 591 g/mol. The Labute approximate surface area is 246 Å². The molecule has 3 rings (SSSR count). The van der Waals surface area contributed by atoms with E-state index in [2.05, 4.69) is 0 Å². The highest BCUT2D eigenvalue weighted by Crippen LogP contribution is 2.32. The molecule has 0 aliphatic carbocycles. The van der Waals surface area contributed by atoms with Crippen molar-refractivity contribution in [3.8, 4) is 5.75 Å². The summed E-state index contributed by atoms with van der Waals surface area (Å²) in [5.41, 5.74) is 2.12. The van der Waals surface area contributed by atoms with E-state index >= 15 is 0 Å². The quantitative estimate of drug-likeness (QED) is 0.251. The standard InChI is InChI=1S/C31H39ClO9/c1-19(15-29(35)38-18-22-8-11-24(37-4)12-9-22)14-26(34)31-28-16-25(40-31)13-10-23(32)7-5-6-20(2)27(39-21(3)33)17-30(36)41-28/h6-9,11-12,14,25-28,31,34H,5,10,13,15-18H2,1-4H3/b19-14+,20-6-,23-7-/t25-,26+,27-,28-,31-/m1/s1. The van der Waals surface area contributed by atoms with Crippen LogP contribution in [0.1, 0.15) is 64.9 Å². The molecule has 10 heteroatoms. The number of hydrogen-bond acceptors (Lipinski definition) is 9. The van der Waals surface area contributed by atoms with Crippen molar-refractivity contribution in [3.05, 3.63) is 64.2 Å². The third-order valence-corrected chi connectivity index (χ3v) is 7.26. The van der Waals surface area contributed by atoms with Crippen molar-refractivity contribution in [2.24, 2.45) is 0 Å². The maximum Gasteiger partial charge on any atom is 0.310 e. The highest BCUT2D eigenvalue weighted by Gasteiger charge is 2.41. The van der Waals surface area contributed by atoms with Crippen molar-refractivity contribution in [2.45, 2.75) is 96.4 Å². The van der Waals surface area contributed by atoms with Gasteiger partial charge in [0.2, 0.25) is 0 Å². The Bertz CT molecular complexity index is 1150. The van der Waals surface area contributed by atoms with E-state index < -0.39 is 42.3 Å². The predicted octanol–water partition coefficient (Wildman–Crippen LogP) is 5.08. The van der Waals surface area contributed by atoms with Gasteiger partial charge in [0.25, 0.3) is 0 Å². The lowest BCUT2D eigenvalue weighted by molar-refractivity contribution is -0.159. The lowest BCUT2D eigenvalue weighted by Crippen LogP contribution is -2.37. The molecule has 1 aromatic rings. The summed E-state index contributed by atoms with van der Waals surface area (Å²) in [7, 11) is 1.58. The summed E-state index contributed by atoms with van der Waals surface area (Å²) in [6.07, 6.45) is 3.34. The van der Waals surface area contributed by atoms with Gasteiger partial charge in [0.1, 0.15) is 36.8 Å². The molecule has 5 atom stereocenters. The van der Waals surface area contributed by atoms with E-state index in [-0.39, 0.29) is 25.6 Å².